The number of halogens is 1. The Kier molecular flexibility index (Phi) is 5.05. The number of aromatic nitrogens is 2. The predicted octanol–water partition coefficient (Wildman–Crippen LogP) is 5.17. The fourth-order valence-corrected chi connectivity index (χ4v) is 3.81. The largest absolute Gasteiger partial charge is 0.322 e. The molecule has 2 unspecified atom stereocenters. The van der Waals surface area contributed by atoms with Gasteiger partial charge in [-0.1, -0.05) is 19.3 Å². The van der Waals surface area contributed by atoms with Gasteiger partial charge >= 0.3 is 6.03 Å². The molecule has 1 N–H and O–H groups in total. The number of hydrogen-bond acceptors (Lipinski definition) is 3. The number of carbonyl (C=O) groups is 1. The zero-order chi connectivity index (χ0) is 18.8. The van der Waals surface area contributed by atoms with Crippen molar-refractivity contribution in [2.75, 3.05) is 5.32 Å². The van der Waals surface area contributed by atoms with Gasteiger partial charge in [0.15, 0.2) is 0 Å². The number of hydrogen-bond donors (Lipinski definition) is 1. The van der Waals surface area contributed by atoms with E-state index in [-0.39, 0.29) is 13.1 Å². The number of piperidine rings is 1. The number of nitrogens with one attached hydrogen (secondary N) is 1. The summed E-state index contributed by atoms with van der Waals surface area (Å²) in [4.78, 5) is 14.4. The van der Waals surface area contributed by atoms with Gasteiger partial charge < -0.3 is 10.2 Å². The lowest BCUT2D eigenvalue weighted by Crippen LogP contribution is -2.62. The second-order valence-corrected chi connectivity index (χ2v) is 7.63. The first-order valence-corrected chi connectivity index (χ1v) is 9.81. The number of nitrogens with zero attached hydrogens (tertiary/aromatic N) is 3. The Hall–Kier alpha value is -2.50. The van der Waals surface area contributed by atoms with E-state index >= 15 is 0 Å². The van der Waals surface area contributed by atoms with Crippen LogP contribution in [0.15, 0.2) is 30.5 Å². The van der Waals surface area contributed by atoms with E-state index in [0.717, 1.165) is 30.4 Å². The lowest BCUT2D eigenvalue weighted by Gasteiger charge is -2.52. The summed E-state index contributed by atoms with van der Waals surface area (Å²) >= 11 is 0. The highest BCUT2D eigenvalue weighted by Crippen LogP contribution is 2.38. The van der Waals surface area contributed by atoms with Crippen LogP contribution in [0.25, 0.3) is 11.3 Å². The number of carbonyl (C=O) groups excluding carboxylic acids is 1. The summed E-state index contributed by atoms with van der Waals surface area (Å²) in [6.07, 6.45) is 10.4. The quantitative estimate of drug-likeness (QED) is 0.794. The molecule has 2 aromatic rings. The van der Waals surface area contributed by atoms with Crippen molar-refractivity contribution < 1.29 is 10.6 Å². The van der Waals surface area contributed by atoms with E-state index in [1.807, 2.05) is 17.9 Å². The first-order valence-electron chi connectivity index (χ1n) is 9.81. The average Bonchev–Trinajstić information content (AvgIpc) is 3.54. The maximum atomic E-state index is 14.3. The third-order valence-corrected chi connectivity index (χ3v) is 5.40. The van der Waals surface area contributed by atoms with Crippen LogP contribution in [-0.4, -0.2) is 33.2 Å². The number of rotatable bonds is 2. The summed E-state index contributed by atoms with van der Waals surface area (Å²) in [6, 6.07) is 7.10. The second-order valence-electron chi connectivity index (χ2n) is 7.63. The SMILES string of the molecule is C1CC1.Cc1cc(F)c(NC(=O)N2C3CCCC2C3)cc1-c1cccnn1.[HH]. The van der Waals surface area contributed by atoms with Crippen molar-refractivity contribution in [2.24, 2.45) is 0 Å². The Balaban J connectivity index is 0.000000515. The molecule has 1 aromatic carbocycles. The van der Waals surface area contributed by atoms with E-state index < -0.39 is 5.82 Å². The minimum atomic E-state index is -0.431. The standard InChI is InChI=1S/C18H19FN4O.C3H6.H2/c1-11-8-15(19)17(10-14(11)16-6-3-7-20-22-16)21-18(24)23-12-4-2-5-13(23)9-12;1-2-3-1;/h3,6-8,10,12-13H,2,4-5,9H2,1H3,(H,21,24);1-3H2;1H. The Morgan fingerprint density at radius 3 is 2.56 bits per heavy atom. The molecule has 3 heterocycles. The molecule has 0 radical (unpaired) electrons. The minimum absolute atomic E-state index is 0. The monoisotopic (exact) mass is 370 g/mol. The number of amides is 2. The van der Waals surface area contributed by atoms with Crippen LogP contribution in [0.3, 0.4) is 0 Å². The van der Waals surface area contributed by atoms with Gasteiger partial charge in [-0.05, 0) is 62.4 Å². The number of aryl methyl sites for hydroxylation is 1. The van der Waals surface area contributed by atoms with Gasteiger partial charge in [0.1, 0.15) is 5.82 Å². The summed E-state index contributed by atoms with van der Waals surface area (Å²) < 4.78 is 14.3. The van der Waals surface area contributed by atoms with Gasteiger partial charge in [-0.2, -0.15) is 10.2 Å². The maximum absolute atomic E-state index is 14.3. The Morgan fingerprint density at radius 2 is 1.96 bits per heavy atom. The van der Waals surface area contributed by atoms with Gasteiger partial charge in [-0.15, -0.1) is 0 Å². The van der Waals surface area contributed by atoms with Crippen molar-refractivity contribution in [2.45, 2.75) is 64.0 Å². The highest BCUT2D eigenvalue weighted by atomic mass is 19.1. The molecular weight excluding hydrogens is 343 g/mol. The molecule has 144 valence electrons. The third-order valence-electron chi connectivity index (χ3n) is 5.40. The molecule has 5 nitrogen and oxygen atoms in total. The highest BCUT2D eigenvalue weighted by molar-refractivity contribution is 5.91. The second kappa shape index (κ2) is 7.62. The molecule has 5 rings (SSSR count). The zero-order valence-electron chi connectivity index (χ0n) is 15.6. The average molecular weight is 370 g/mol. The van der Waals surface area contributed by atoms with E-state index in [9.17, 15) is 9.18 Å². The Morgan fingerprint density at radius 1 is 1.22 bits per heavy atom. The van der Waals surface area contributed by atoms with Crippen LogP contribution >= 0.6 is 0 Å². The van der Waals surface area contributed by atoms with E-state index in [4.69, 9.17) is 0 Å². The molecular formula is C21H27FN4O. The molecule has 6 heteroatoms. The molecule has 2 amide bonds. The van der Waals surface area contributed by atoms with Gasteiger partial charge in [0.05, 0.1) is 11.4 Å². The van der Waals surface area contributed by atoms with E-state index in [0.29, 0.717) is 17.8 Å². The molecule has 1 aliphatic carbocycles. The molecule has 27 heavy (non-hydrogen) atoms. The Bertz CT molecular complexity index is 814. The smallest absolute Gasteiger partial charge is 0.318 e. The highest BCUT2D eigenvalue weighted by Gasteiger charge is 2.44. The van der Waals surface area contributed by atoms with E-state index in [1.54, 1.807) is 18.3 Å². The molecule has 1 saturated carbocycles. The van der Waals surface area contributed by atoms with Crippen molar-refractivity contribution in [3.8, 4) is 11.3 Å². The van der Waals surface area contributed by atoms with Gasteiger partial charge in [0, 0.05) is 25.3 Å². The van der Waals surface area contributed by atoms with Gasteiger partial charge in [0.2, 0.25) is 0 Å². The van der Waals surface area contributed by atoms with Gasteiger partial charge in [-0.3, -0.25) is 0 Å². The lowest BCUT2D eigenvalue weighted by atomic mass is 9.80. The van der Waals surface area contributed by atoms with Crippen molar-refractivity contribution in [3.05, 3.63) is 41.8 Å². The van der Waals surface area contributed by atoms with Crippen LogP contribution in [0.5, 0.6) is 0 Å². The van der Waals surface area contributed by atoms with Crippen molar-refractivity contribution in [1.82, 2.24) is 15.1 Å². The summed E-state index contributed by atoms with van der Waals surface area (Å²) in [7, 11) is 0. The zero-order valence-corrected chi connectivity index (χ0v) is 15.6. The van der Waals surface area contributed by atoms with Crippen LogP contribution in [0.1, 0.15) is 51.9 Å². The molecule has 3 fully saturated rings. The van der Waals surface area contributed by atoms with E-state index in [2.05, 4.69) is 15.5 Å². The first kappa shape index (κ1) is 17.9. The fourth-order valence-electron chi connectivity index (χ4n) is 3.81. The molecule has 2 saturated heterocycles. The van der Waals surface area contributed by atoms with Crippen LogP contribution in [0.2, 0.25) is 0 Å². The fraction of sp³-hybridized carbons (Fsp3) is 0.476. The summed E-state index contributed by atoms with van der Waals surface area (Å²) in [5.74, 6) is -0.431. The number of fused-ring (bicyclic) bond motifs is 2. The lowest BCUT2D eigenvalue weighted by molar-refractivity contribution is 0.0173. The normalized spacial score (nSPS) is 22.2. The van der Waals surface area contributed by atoms with Crippen LogP contribution in [0.4, 0.5) is 14.9 Å². The van der Waals surface area contributed by atoms with E-state index in [1.165, 1.54) is 31.7 Å². The molecule has 3 aliphatic rings. The molecule has 2 atom stereocenters. The van der Waals surface area contributed by atoms with Gasteiger partial charge in [0.25, 0.3) is 0 Å². The minimum Gasteiger partial charge on any atom is -0.318 e. The van der Waals surface area contributed by atoms with Crippen molar-refractivity contribution in [1.29, 1.82) is 0 Å². The van der Waals surface area contributed by atoms with Crippen LogP contribution < -0.4 is 5.32 Å². The van der Waals surface area contributed by atoms with Crippen molar-refractivity contribution in [3.63, 3.8) is 0 Å². The number of benzene rings is 1. The number of anilines is 1. The molecule has 0 spiro atoms. The van der Waals surface area contributed by atoms with Gasteiger partial charge in [-0.25, -0.2) is 9.18 Å². The Labute approximate surface area is 160 Å². The maximum Gasteiger partial charge on any atom is 0.322 e. The summed E-state index contributed by atoms with van der Waals surface area (Å²) in [5, 5.41) is 10.7. The third kappa shape index (κ3) is 3.94. The topological polar surface area (TPSA) is 58.1 Å². The summed E-state index contributed by atoms with van der Waals surface area (Å²) in [6.45, 7) is 1.82. The first-order chi connectivity index (χ1) is 13.1. The molecule has 1 aromatic heterocycles. The van der Waals surface area contributed by atoms with Crippen LogP contribution in [0, 0.1) is 12.7 Å². The summed E-state index contributed by atoms with van der Waals surface area (Å²) in [5.41, 5.74) is 2.37. The predicted molar refractivity (Wildman–Crippen MR) is 105 cm³/mol. The van der Waals surface area contributed by atoms with Crippen molar-refractivity contribution >= 4 is 11.7 Å². The molecule has 2 bridgehead atoms. The number of urea groups is 1. The molecule has 2 aliphatic heterocycles. The van der Waals surface area contributed by atoms with Crippen LogP contribution in [-0.2, 0) is 0 Å².